The smallest absolute Gasteiger partial charge is 0.405 e. The molecule has 0 saturated heterocycles. The summed E-state index contributed by atoms with van der Waals surface area (Å²) in [5, 5.41) is 12.1. The van der Waals surface area contributed by atoms with Gasteiger partial charge in [-0.05, 0) is 49.3 Å². The third kappa shape index (κ3) is 3.88. The van der Waals surface area contributed by atoms with Gasteiger partial charge in [0.05, 0.1) is 11.2 Å². The van der Waals surface area contributed by atoms with Crippen LogP contribution in [0.3, 0.4) is 0 Å². The van der Waals surface area contributed by atoms with Crippen LogP contribution in [0.1, 0.15) is 50.5 Å². The van der Waals surface area contributed by atoms with Crippen LogP contribution in [-0.2, 0) is 10.3 Å². The molecule has 36 heavy (non-hydrogen) atoms. The molecule has 6 rings (SSSR count). The summed E-state index contributed by atoms with van der Waals surface area (Å²) in [5.41, 5.74) is 4.84. The Morgan fingerprint density at radius 2 is 1.72 bits per heavy atom. The second kappa shape index (κ2) is 8.97. The first-order chi connectivity index (χ1) is 17.5. The molecule has 0 unspecified atom stereocenters. The van der Waals surface area contributed by atoms with E-state index in [2.05, 4.69) is 11.4 Å². The standard InChI is InChI=1S/C29H29N3O4/c33-25-18-36-27-24(32(25)22-9-4-5-10-22)17-23(19-7-2-1-3-8-19)26(30-27)20-11-13-21(14-12-20)29(15-6-16-29)31-28(34)35/h1-3,7-8,11-14,17,22,31H,4-6,9-10,15-16,18H2,(H,34,35). The van der Waals surface area contributed by atoms with E-state index in [9.17, 15) is 14.7 Å². The Balaban J connectivity index is 1.44. The summed E-state index contributed by atoms with van der Waals surface area (Å²) in [6.45, 7) is 0.00292. The lowest BCUT2D eigenvalue weighted by atomic mass is 9.71. The molecule has 184 valence electrons. The Labute approximate surface area is 210 Å². The summed E-state index contributed by atoms with van der Waals surface area (Å²) in [4.78, 5) is 31.2. The Bertz CT molecular complexity index is 1300. The first kappa shape index (κ1) is 22.6. The number of anilines is 1. The minimum absolute atomic E-state index is 0.00292. The molecule has 3 aliphatic rings. The normalized spacial score (nSPS) is 18.8. The number of nitrogens with zero attached hydrogens (tertiary/aromatic N) is 2. The van der Waals surface area contributed by atoms with Gasteiger partial charge in [-0.3, -0.25) is 4.79 Å². The Kier molecular flexibility index (Phi) is 5.63. The van der Waals surface area contributed by atoms with E-state index in [1.54, 1.807) is 0 Å². The highest BCUT2D eigenvalue weighted by molar-refractivity contribution is 6.00. The zero-order valence-electron chi connectivity index (χ0n) is 20.1. The van der Waals surface area contributed by atoms with Crippen LogP contribution < -0.4 is 15.0 Å². The third-order valence-corrected chi connectivity index (χ3v) is 7.87. The number of amides is 2. The molecule has 0 spiro atoms. The topological polar surface area (TPSA) is 91.8 Å². The van der Waals surface area contributed by atoms with E-state index in [1.165, 1.54) is 0 Å². The number of benzene rings is 2. The molecule has 2 aromatic carbocycles. The van der Waals surface area contributed by atoms with Crippen molar-refractivity contribution < 1.29 is 19.4 Å². The summed E-state index contributed by atoms with van der Waals surface area (Å²) in [6.07, 6.45) is 5.86. The van der Waals surface area contributed by atoms with Gasteiger partial charge >= 0.3 is 6.09 Å². The lowest BCUT2D eigenvalue weighted by Crippen LogP contribution is -2.50. The predicted octanol–water partition coefficient (Wildman–Crippen LogP) is 5.73. The number of ether oxygens (including phenoxy) is 1. The molecule has 7 heteroatoms. The number of hydrogen-bond acceptors (Lipinski definition) is 4. The molecule has 0 radical (unpaired) electrons. The minimum Gasteiger partial charge on any atom is -0.466 e. The Morgan fingerprint density at radius 3 is 2.36 bits per heavy atom. The van der Waals surface area contributed by atoms with Crippen LogP contribution in [0.25, 0.3) is 22.4 Å². The average molecular weight is 484 g/mol. The molecule has 2 N–H and O–H groups in total. The van der Waals surface area contributed by atoms with Crippen LogP contribution in [0, 0.1) is 0 Å². The molecule has 1 aromatic heterocycles. The fraction of sp³-hybridized carbons (Fsp3) is 0.345. The van der Waals surface area contributed by atoms with Gasteiger partial charge in [0.2, 0.25) is 5.88 Å². The maximum atomic E-state index is 12.9. The zero-order valence-corrected chi connectivity index (χ0v) is 20.1. The number of rotatable bonds is 5. The van der Waals surface area contributed by atoms with Crippen molar-refractivity contribution in [3.05, 3.63) is 66.2 Å². The van der Waals surface area contributed by atoms with Gasteiger partial charge in [0.25, 0.3) is 5.91 Å². The van der Waals surface area contributed by atoms with Crippen LogP contribution in [0.4, 0.5) is 10.5 Å². The fourth-order valence-electron chi connectivity index (χ4n) is 5.89. The van der Waals surface area contributed by atoms with Crippen molar-refractivity contribution in [3.63, 3.8) is 0 Å². The molecule has 0 atom stereocenters. The first-order valence-electron chi connectivity index (χ1n) is 12.7. The largest absolute Gasteiger partial charge is 0.466 e. The van der Waals surface area contributed by atoms with Gasteiger partial charge in [-0.15, -0.1) is 0 Å². The molecular formula is C29H29N3O4. The van der Waals surface area contributed by atoms with E-state index in [0.717, 1.165) is 78.6 Å². The van der Waals surface area contributed by atoms with Crippen molar-refractivity contribution >= 4 is 17.7 Å². The highest BCUT2D eigenvalue weighted by Crippen LogP contribution is 2.44. The predicted molar refractivity (Wildman–Crippen MR) is 137 cm³/mol. The summed E-state index contributed by atoms with van der Waals surface area (Å²) in [5.74, 6) is 0.479. The van der Waals surface area contributed by atoms with E-state index in [1.807, 2.05) is 59.5 Å². The van der Waals surface area contributed by atoms with Crippen molar-refractivity contribution in [1.29, 1.82) is 0 Å². The van der Waals surface area contributed by atoms with Gasteiger partial charge in [-0.1, -0.05) is 67.4 Å². The fourth-order valence-corrected chi connectivity index (χ4v) is 5.89. The number of pyridine rings is 1. The summed E-state index contributed by atoms with van der Waals surface area (Å²) in [6, 6.07) is 20.3. The highest BCUT2D eigenvalue weighted by atomic mass is 16.5. The minimum atomic E-state index is -1.000. The first-order valence-corrected chi connectivity index (χ1v) is 12.7. The third-order valence-electron chi connectivity index (χ3n) is 7.87. The van der Waals surface area contributed by atoms with Crippen molar-refractivity contribution in [1.82, 2.24) is 10.3 Å². The van der Waals surface area contributed by atoms with Crippen molar-refractivity contribution in [2.24, 2.45) is 0 Å². The lowest BCUT2D eigenvalue weighted by Gasteiger charge is -2.42. The van der Waals surface area contributed by atoms with E-state index >= 15 is 0 Å². The molecule has 2 saturated carbocycles. The number of aromatic nitrogens is 1. The number of carboxylic acid groups (broad SMARTS) is 1. The van der Waals surface area contributed by atoms with Crippen molar-refractivity contribution in [3.8, 4) is 28.3 Å². The highest BCUT2D eigenvalue weighted by Gasteiger charge is 2.40. The van der Waals surface area contributed by atoms with Gasteiger partial charge in [-0.2, -0.15) is 0 Å². The summed E-state index contributed by atoms with van der Waals surface area (Å²) < 4.78 is 5.85. The molecule has 0 bridgehead atoms. The molecule has 2 heterocycles. The van der Waals surface area contributed by atoms with Crippen LogP contribution in [0.15, 0.2) is 60.7 Å². The molecular weight excluding hydrogens is 454 g/mol. The molecule has 1 aliphatic heterocycles. The van der Waals surface area contributed by atoms with Gasteiger partial charge in [0.1, 0.15) is 5.69 Å². The van der Waals surface area contributed by atoms with E-state index in [0.29, 0.717) is 5.88 Å². The van der Waals surface area contributed by atoms with Gasteiger partial charge in [-0.25, -0.2) is 9.78 Å². The molecule has 3 aromatic rings. The lowest BCUT2D eigenvalue weighted by molar-refractivity contribution is -0.121. The van der Waals surface area contributed by atoms with Crippen LogP contribution in [0.2, 0.25) is 0 Å². The van der Waals surface area contributed by atoms with E-state index in [-0.39, 0.29) is 18.6 Å². The molecule has 2 amide bonds. The average Bonchev–Trinajstić information content (AvgIpc) is 3.40. The van der Waals surface area contributed by atoms with Gasteiger partial charge < -0.3 is 20.1 Å². The molecule has 2 aliphatic carbocycles. The number of carbonyl (C=O) groups is 2. The Hall–Kier alpha value is -3.87. The van der Waals surface area contributed by atoms with Gasteiger partial charge in [0, 0.05) is 17.2 Å². The molecule has 7 nitrogen and oxygen atoms in total. The quantitative estimate of drug-likeness (QED) is 0.484. The maximum Gasteiger partial charge on any atom is 0.405 e. The Morgan fingerprint density at radius 1 is 1.00 bits per heavy atom. The number of hydrogen-bond donors (Lipinski definition) is 2. The van der Waals surface area contributed by atoms with Crippen molar-refractivity contribution in [2.75, 3.05) is 11.5 Å². The van der Waals surface area contributed by atoms with Crippen LogP contribution in [0.5, 0.6) is 5.88 Å². The summed E-state index contributed by atoms with van der Waals surface area (Å²) in [7, 11) is 0. The second-order valence-electron chi connectivity index (χ2n) is 10.0. The number of fused-ring (bicyclic) bond motifs is 1. The van der Waals surface area contributed by atoms with Crippen molar-refractivity contribution in [2.45, 2.75) is 56.5 Å². The van der Waals surface area contributed by atoms with Crippen LogP contribution >= 0.6 is 0 Å². The number of nitrogens with one attached hydrogen (secondary N) is 1. The van der Waals surface area contributed by atoms with Gasteiger partial charge in [0.15, 0.2) is 6.61 Å². The monoisotopic (exact) mass is 483 g/mol. The zero-order chi connectivity index (χ0) is 24.7. The maximum absolute atomic E-state index is 12.9. The van der Waals surface area contributed by atoms with Crippen LogP contribution in [-0.4, -0.2) is 34.7 Å². The van der Waals surface area contributed by atoms with E-state index < -0.39 is 11.6 Å². The second-order valence-corrected chi connectivity index (χ2v) is 10.0. The summed E-state index contributed by atoms with van der Waals surface area (Å²) >= 11 is 0. The molecule has 2 fully saturated rings. The van der Waals surface area contributed by atoms with E-state index in [4.69, 9.17) is 9.72 Å². The SMILES string of the molecule is O=C(O)NC1(c2ccc(-c3nc4c(cc3-c3ccccc3)N(C3CCCC3)C(=O)CO4)cc2)CCC1. The number of carbonyl (C=O) groups excluding carboxylic acids is 1.